The van der Waals surface area contributed by atoms with Crippen LogP contribution in [0.4, 0.5) is 0 Å². The quantitative estimate of drug-likeness (QED) is 0.719. The van der Waals surface area contributed by atoms with Crippen LogP contribution in [-0.4, -0.2) is 0 Å². The number of halogens is 3. The average molecular weight is 329 g/mol. The second kappa shape index (κ2) is 6.82. The molecule has 2 aromatic carbocycles. The molecule has 0 aliphatic heterocycles. The molecule has 0 radical (unpaired) electrons. The molecule has 0 heterocycles. The third-order valence-electron chi connectivity index (χ3n) is 3.31. The summed E-state index contributed by atoms with van der Waals surface area (Å²) in [5, 5.41) is 5.44. The molecule has 0 fully saturated rings. The van der Waals surface area contributed by atoms with Crippen LogP contribution in [0.25, 0.3) is 0 Å². The van der Waals surface area contributed by atoms with Crippen molar-refractivity contribution >= 4 is 34.8 Å². The molecule has 20 heavy (non-hydrogen) atoms. The molecule has 0 bridgehead atoms. The Bertz CT molecular complexity index is 581. The minimum absolute atomic E-state index is 0.176. The van der Waals surface area contributed by atoms with Gasteiger partial charge in [-0.1, -0.05) is 53.0 Å². The van der Waals surface area contributed by atoms with E-state index in [1.54, 1.807) is 0 Å². The van der Waals surface area contributed by atoms with Crippen molar-refractivity contribution < 1.29 is 0 Å². The smallest absolute Gasteiger partial charge is 0.0595 e. The molecular weight excluding hydrogens is 313 g/mol. The van der Waals surface area contributed by atoms with Crippen LogP contribution in [0.15, 0.2) is 42.5 Å². The molecule has 2 rings (SSSR count). The van der Waals surface area contributed by atoms with E-state index in [1.807, 2.05) is 42.5 Å². The maximum Gasteiger partial charge on any atom is 0.0595 e. The standard InChI is InChI=1S/C16H16Cl3N/c1-10(12-3-6-14(17)7-4-12)20-11(2)13-5-8-15(18)16(19)9-13/h3-11,20H,1-2H3. The molecular formula is C16H16Cl3N. The van der Waals surface area contributed by atoms with Gasteiger partial charge >= 0.3 is 0 Å². The van der Waals surface area contributed by atoms with Crippen LogP contribution in [0.3, 0.4) is 0 Å². The fourth-order valence-corrected chi connectivity index (χ4v) is 2.53. The molecule has 2 aromatic rings. The van der Waals surface area contributed by atoms with Crippen LogP contribution in [0.5, 0.6) is 0 Å². The van der Waals surface area contributed by atoms with Crippen LogP contribution in [0.2, 0.25) is 15.1 Å². The fourth-order valence-electron chi connectivity index (χ4n) is 2.10. The van der Waals surface area contributed by atoms with Gasteiger partial charge < -0.3 is 5.32 Å². The molecule has 0 amide bonds. The van der Waals surface area contributed by atoms with Gasteiger partial charge in [0.15, 0.2) is 0 Å². The highest BCUT2D eigenvalue weighted by atomic mass is 35.5. The largest absolute Gasteiger partial charge is 0.304 e. The number of benzene rings is 2. The lowest BCUT2D eigenvalue weighted by atomic mass is 10.0. The van der Waals surface area contributed by atoms with Crippen LogP contribution in [-0.2, 0) is 0 Å². The third-order valence-corrected chi connectivity index (χ3v) is 4.30. The summed E-state index contributed by atoms with van der Waals surface area (Å²) >= 11 is 17.9. The average Bonchev–Trinajstić information content (AvgIpc) is 2.42. The molecule has 1 N–H and O–H groups in total. The normalized spacial score (nSPS) is 14.1. The van der Waals surface area contributed by atoms with Crippen molar-refractivity contribution in [1.29, 1.82) is 0 Å². The predicted octanol–water partition coefficient (Wildman–Crippen LogP) is 6.06. The van der Waals surface area contributed by atoms with Gasteiger partial charge in [-0.05, 0) is 49.2 Å². The topological polar surface area (TPSA) is 12.0 Å². The van der Waals surface area contributed by atoms with E-state index in [4.69, 9.17) is 34.8 Å². The lowest BCUT2D eigenvalue weighted by Crippen LogP contribution is -2.22. The first-order chi connectivity index (χ1) is 9.47. The Morgan fingerprint density at radius 3 is 1.90 bits per heavy atom. The highest BCUT2D eigenvalue weighted by Crippen LogP contribution is 2.27. The van der Waals surface area contributed by atoms with E-state index in [9.17, 15) is 0 Å². The Kier molecular flexibility index (Phi) is 5.34. The lowest BCUT2D eigenvalue weighted by Gasteiger charge is -2.21. The van der Waals surface area contributed by atoms with Crippen molar-refractivity contribution in [2.45, 2.75) is 25.9 Å². The Morgan fingerprint density at radius 2 is 1.30 bits per heavy atom. The Hall–Kier alpha value is -0.730. The predicted molar refractivity (Wildman–Crippen MR) is 87.9 cm³/mol. The van der Waals surface area contributed by atoms with Crippen LogP contribution in [0.1, 0.15) is 37.1 Å². The van der Waals surface area contributed by atoms with Crippen molar-refractivity contribution in [3.05, 3.63) is 68.7 Å². The maximum absolute atomic E-state index is 6.05. The van der Waals surface area contributed by atoms with Crippen molar-refractivity contribution in [2.75, 3.05) is 0 Å². The SMILES string of the molecule is CC(NC(C)c1ccc(Cl)c(Cl)c1)c1ccc(Cl)cc1. The second-order valence-electron chi connectivity index (χ2n) is 4.84. The van der Waals surface area contributed by atoms with Crippen molar-refractivity contribution in [3.63, 3.8) is 0 Å². The first-order valence-corrected chi connectivity index (χ1v) is 7.57. The highest BCUT2D eigenvalue weighted by Gasteiger charge is 2.12. The van der Waals surface area contributed by atoms with E-state index in [2.05, 4.69) is 19.2 Å². The molecule has 0 saturated heterocycles. The van der Waals surface area contributed by atoms with Gasteiger partial charge in [-0.25, -0.2) is 0 Å². The van der Waals surface area contributed by atoms with E-state index < -0.39 is 0 Å². The number of hydrogen-bond acceptors (Lipinski definition) is 1. The van der Waals surface area contributed by atoms with E-state index >= 15 is 0 Å². The molecule has 0 aliphatic carbocycles. The molecule has 1 nitrogen and oxygen atoms in total. The summed E-state index contributed by atoms with van der Waals surface area (Å²) < 4.78 is 0. The first-order valence-electron chi connectivity index (χ1n) is 6.44. The Morgan fingerprint density at radius 1 is 0.750 bits per heavy atom. The number of nitrogens with one attached hydrogen (secondary N) is 1. The van der Waals surface area contributed by atoms with Crippen molar-refractivity contribution in [2.24, 2.45) is 0 Å². The van der Waals surface area contributed by atoms with E-state index in [1.165, 1.54) is 5.56 Å². The molecule has 0 spiro atoms. The van der Waals surface area contributed by atoms with Gasteiger partial charge in [-0.3, -0.25) is 0 Å². The summed E-state index contributed by atoms with van der Waals surface area (Å²) in [4.78, 5) is 0. The second-order valence-corrected chi connectivity index (χ2v) is 6.09. The summed E-state index contributed by atoms with van der Waals surface area (Å²) in [7, 11) is 0. The Labute approximate surface area is 134 Å². The maximum atomic E-state index is 6.05. The Balaban J connectivity index is 2.08. The summed E-state index contributed by atoms with van der Waals surface area (Å²) in [5.74, 6) is 0. The summed E-state index contributed by atoms with van der Waals surface area (Å²) in [6.45, 7) is 4.23. The van der Waals surface area contributed by atoms with Gasteiger partial charge in [0, 0.05) is 17.1 Å². The minimum Gasteiger partial charge on any atom is -0.304 e. The molecule has 106 valence electrons. The zero-order valence-electron chi connectivity index (χ0n) is 11.3. The minimum atomic E-state index is 0.176. The van der Waals surface area contributed by atoms with Gasteiger partial charge in [0.25, 0.3) is 0 Å². The molecule has 2 unspecified atom stereocenters. The molecule has 2 atom stereocenters. The van der Waals surface area contributed by atoms with E-state index in [0.29, 0.717) is 10.0 Å². The van der Waals surface area contributed by atoms with Crippen LogP contribution < -0.4 is 5.32 Å². The van der Waals surface area contributed by atoms with E-state index in [0.717, 1.165) is 10.6 Å². The van der Waals surface area contributed by atoms with Gasteiger partial charge in [0.1, 0.15) is 0 Å². The van der Waals surface area contributed by atoms with Gasteiger partial charge in [0.2, 0.25) is 0 Å². The fraction of sp³-hybridized carbons (Fsp3) is 0.250. The zero-order valence-corrected chi connectivity index (χ0v) is 13.6. The summed E-state index contributed by atoms with van der Waals surface area (Å²) in [6, 6.07) is 14.0. The number of hydrogen-bond donors (Lipinski definition) is 1. The summed E-state index contributed by atoms with van der Waals surface area (Å²) in [5.41, 5.74) is 2.31. The van der Waals surface area contributed by atoms with Crippen molar-refractivity contribution in [1.82, 2.24) is 5.32 Å². The zero-order chi connectivity index (χ0) is 14.7. The lowest BCUT2D eigenvalue weighted by molar-refractivity contribution is 0.495. The van der Waals surface area contributed by atoms with Gasteiger partial charge in [0.05, 0.1) is 10.0 Å². The summed E-state index contributed by atoms with van der Waals surface area (Å²) in [6.07, 6.45) is 0. The highest BCUT2D eigenvalue weighted by molar-refractivity contribution is 6.42. The number of rotatable bonds is 4. The molecule has 0 aliphatic rings. The van der Waals surface area contributed by atoms with Gasteiger partial charge in [-0.2, -0.15) is 0 Å². The van der Waals surface area contributed by atoms with E-state index in [-0.39, 0.29) is 12.1 Å². The van der Waals surface area contributed by atoms with Gasteiger partial charge in [-0.15, -0.1) is 0 Å². The van der Waals surface area contributed by atoms with Crippen LogP contribution in [0, 0.1) is 0 Å². The first kappa shape index (κ1) is 15.7. The molecule has 0 saturated carbocycles. The van der Waals surface area contributed by atoms with Crippen molar-refractivity contribution in [3.8, 4) is 0 Å². The molecule has 4 heteroatoms. The molecule has 0 aromatic heterocycles. The third kappa shape index (κ3) is 3.89. The monoisotopic (exact) mass is 327 g/mol. The van der Waals surface area contributed by atoms with Crippen LogP contribution >= 0.6 is 34.8 Å².